The van der Waals surface area contributed by atoms with Gasteiger partial charge in [-0.25, -0.2) is 12.8 Å². The first-order chi connectivity index (χ1) is 15.4. The number of nitrogens with zero attached hydrogens (tertiary/aromatic N) is 2. The van der Waals surface area contributed by atoms with E-state index in [-0.39, 0.29) is 24.1 Å². The number of rotatable bonds is 10. The van der Waals surface area contributed by atoms with Gasteiger partial charge in [-0.2, -0.15) is 0 Å². The molecule has 0 unspecified atom stereocenters. The number of amides is 2. The number of halogens is 2. The lowest BCUT2D eigenvalue weighted by molar-refractivity contribution is -0.139. The SMILES string of the molecule is CC(C)CNC(=O)[C@H](C)N(Cc1cccc(Cl)c1)C(=O)CN(c1ccc(F)cc1)S(C)(=O)=O. The number of nitrogens with one attached hydrogen (secondary N) is 1. The second-order valence-electron chi connectivity index (χ2n) is 8.21. The van der Waals surface area contributed by atoms with E-state index >= 15 is 0 Å². The molecule has 2 amide bonds. The highest BCUT2D eigenvalue weighted by Gasteiger charge is 2.30. The topological polar surface area (TPSA) is 86.8 Å². The second kappa shape index (κ2) is 11.5. The highest BCUT2D eigenvalue weighted by Crippen LogP contribution is 2.20. The normalized spacial score (nSPS) is 12.3. The van der Waals surface area contributed by atoms with E-state index in [1.807, 2.05) is 13.8 Å². The van der Waals surface area contributed by atoms with Crippen LogP contribution in [0, 0.1) is 11.7 Å². The minimum Gasteiger partial charge on any atom is -0.354 e. The van der Waals surface area contributed by atoms with Crippen LogP contribution in [0.3, 0.4) is 0 Å². The van der Waals surface area contributed by atoms with Crippen molar-refractivity contribution >= 4 is 39.1 Å². The first-order valence-corrected chi connectivity index (χ1v) is 12.7. The fourth-order valence-electron chi connectivity index (χ4n) is 3.09. The van der Waals surface area contributed by atoms with Crippen molar-refractivity contribution in [1.82, 2.24) is 10.2 Å². The molecule has 0 saturated heterocycles. The highest BCUT2D eigenvalue weighted by molar-refractivity contribution is 7.92. The van der Waals surface area contributed by atoms with Crippen molar-refractivity contribution in [2.24, 2.45) is 5.92 Å². The smallest absolute Gasteiger partial charge is 0.244 e. The lowest BCUT2D eigenvalue weighted by Gasteiger charge is -2.31. The van der Waals surface area contributed by atoms with Crippen LogP contribution in [0.4, 0.5) is 10.1 Å². The molecule has 0 aliphatic rings. The molecule has 180 valence electrons. The number of hydrogen-bond donors (Lipinski definition) is 1. The average molecular weight is 498 g/mol. The molecule has 0 aromatic heterocycles. The average Bonchev–Trinajstić information content (AvgIpc) is 2.73. The van der Waals surface area contributed by atoms with Gasteiger partial charge in [-0.1, -0.05) is 37.6 Å². The van der Waals surface area contributed by atoms with Gasteiger partial charge in [0.2, 0.25) is 21.8 Å². The predicted octanol–water partition coefficient (Wildman–Crippen LogP) is 3.43. The van der Waals surface area contributed by atoms with E-state index < -0.39 is 34.3 Å². The number of carbonyl (C=O) groups excluding carboxylic acids is 2. The molecule has 0 spiro atoms. The zero-order valence-electron chi connectivity index (χ0n) is 19.1. The third kappa shape index (κ3) is 8.01. The van der Waals surface area contributed by atoms with Crippen LogP contribution < -0.4 is 9.62 Å². The van der Waals surface area contributed by atoms with Crippen LogP contribution in [0.25, 0.3) is 0 Å². The van der Waals surface area contributed by atoms with Crippen LogP contribution >= 0.6 is 11.6 Å². The van der Waals surface area contributed by atoms with Crippen molar-refractivity contribution < 1.29 is 22.4 Å². The van der Waals surface area contributed by atoms with Gasteiger partial charge in [0.05, 0.1) is 11.9 Å². The Balaban J connectivity index is 2.35. The molecule has 33 heavy (non-hydrogen) atoms. The van der Waals surface area contributed by atoms with Gasteiger partial charge in [0.25, 0.3) is 0 Å². The molecule has 0 aliphatic heterocycles. The van der Waals surface area contributed by atoms with Crippen LogP contribution in [-0.2, 0) is 26.2 Å². The standard InChI is InChI=1S/C23H29ClFN3O4S/c1-16(2)13-26-23(30)17(3)27(14-18-6-5-7-19(24)12-18)22(29)15-28(33(4,31)32)21-10-8-20(25)9-11-21/h5-12,16-17H,13-15H2,1-4H3,(H,26,30)/t17-/m0/s1. The van der Waals surface area contributed by atoms with Gasteiger partial charge in [0, 0.05) is 18.1 Å². The summed E-state index contributed by atoms with van der Waals surface area (Å²) >= 11 is 6.07. The third-order valence-corrected chi connectivity index (χ3v) is 6.26. The molecule has 0 fully saturated rings. The van der Waals surface area contributed by atoms with Crippen LogP contribution in [0.5, 0.6) is 0 Å². The zero-order valence-corrected chi connectivity index (χ0v) is 20.7. The summed E-state index contributed by atoms with van der Waals surface area (Å²) in [6.07, 6.45) is 0.962. The number of anilines is 1. The summed E-state index contributed by atoms with van der Waals surface area (Å²) in [4.78, 5) is 27.4. The summed E-state index contributed by atoms with van der Waals surface area (Å²) in [7, 11) is -3.86. The summed E-state index contributed by atoms with van der Waals surface area (Å²) in [5, 5.41) is 3.28. The van der Waals surface area contributed by atoms with Crippen LogP contribution in [-0.4, -0.2) is 50.5 Å². The molecule has 1 atom stereocenters. The van der Waals surface area contributed by atoms with E-state index in [0.717, 1.165) is 22.7 Å². The Bertz CT molecular complexity index is 1080. The van der Waals surface area contributed by atoms with E-state index in [1.165, 1.54) is 17.0 Å². The lowest BCUT2D eigenvalue weighted by atomic mass is 10.1. The van der Waals surface area contributed by atoms with Gasteiger partial charge in [-0.3, -0.25) is 13.9 Å². The molecule has 0 aliphatic carbocycles. The largest absolute Gasteiger partial charge is 0.354 e. The molecule has 0 radical (unpaired) electrons. The maximum atomic E-state index is 13.3. The number of carbonyl (C=O) groups is 2. The predicted molar refractivity (Wildman–Crippen MR) is 128 cm³/mol. The minimum atomic E-state index is -3.86. The summed E-state index contributed by atoms with van der Waals surface area (Å²) < 4.78 is 39.1. The van der Waals surface area contributed by atoms with E-state index in [1.54, 1.807) is 31.2 Å². The fraction of sp³-hybridized carbons (Fsp3) is 0.391. The van der Waals surface area contributed by atoms with Crippen LogP contribution in [0.15, 0.2) is 48.5 Å². The van der Waals surface area contributed by atoms with E-state index in [0.29, 0.717) is 17.1 Å². The molecule has 7 nitrogen and oxygen atoms in total. The first-order valence-electron chi connectivity index (χ1n) is 10.4. The molecular formula is C23H29ClFN3O4S. The Kier molecular flexibility index (Phi) is 9.25. The highest BCUT2D eigenvalue weighted by atomic mass is 35.5. The maximum absolute atomic E-state index is 13.3. The Labute approximate surface area is 199 Å². The number of benzene rings is 2. The third-order valence-electron chi connectivity index (χ3n) is 4.89. The van der Waals surface area contributed by atoms with Crippen molar-refractivity contribution in [3.8, 4) is 0 Å². The van der Waals surface area contributed by atoms with Gasteiger partial charge < -0.3 is 10.2 Å². The van der Waals surface area contributed by atoms with Crippen LogP contribution in [0.2, 0.25) is 5.02 Å². The van der Waals surface area contributed by atoms with Gasteiger partial charge in [-0.05, 0) is 54.8 Å². The van der Waals surface area contributed by atoms with Crippen molar-refractivity contribution in [2.75, 3.05) is 23.7 Å². The van der Waals surface area contributed by atoms with Gasteiger partial charge in [-0.15, -0.1) is 0 Å². The van der Waals surface area contributed by atoms with E-state index in [9.17, 15) is 22.4 Å². The zero-order chi connectivity index (χ0) is 24.8. The summed E-state index contributed by atoms with van der Waals surface area (Å²) in [5.74, 6) is -1.25. The molecule has 2 rings (SSSR count). The molecule has 1 N–H and O–H groups in total. The van der Waals surface area contributed by atoms with Crippen molar-refractivity contribution in [3.05, 3.63) is 64.9 Å². The summed E-state index contributed by atoms with van der Waals surface area (Å²) in [6.45, 7) is 5.43. The Morgan fingerprint density at radius 1 is 1.09 bits per heavy atom. The van der Waals surface area contributed by atoms with Crippen molar-refractivity contribution in [2.45, 2.75) is 33.4 Å². The number of sulfonamides is 1. The van der Waals surface area contributed by atoms with Gasteiger partial charge in [0.15, 0.2) is 0 Å². The van der Waals surface area contributed by atoms with Crippen molar-refractivity contribution in [1.29, 1.82) is 0 Å². The number of hydrogen-bond acceptors (Lipinski definition) is 4. The molecule has 0 heterocycles. The Hall–Kier alpha value is -2.65. The lowest BCUT2D eigenvalue weighted by Crippen LogP contribution is -2.51. The minimum absolute atomic E-state index is 0.0523. The molecule has 0 bridgehead atoms. The van der Waals surface area contributed by atoms with Gasteiger partial charge in [0.1, 0.15) is 18.4 Å². The molecule has 0 saturated carbocycles. The monoisotopic (exact) mass is 497 g/mol. The van der Waals surface area contributed by atoms with Gasteiger partial charge >= 0.3 is 0 Å². The molecular weight excluding hydrogens is 469 g/mol. The quantitative estimate of drug-likeness (QED) is 0.544. The Morgan fingerprint density at radius 2 is 1.73 bits per heavy atom. The van der Waals surface area contributed by atoms with E-state index in [4.69, 9.17) is 11.6 Å². The van der Waals surface area contributed by atoms with Crippen LogP contribution in [0.1, 0.15) is 26.3 Å². The Morgan fingerprint density at radius 3 is 2.27 bits per heavy atom. The molecule has 2 aromatic rings. The first kappa shape index (κ1) is 26.6. The van der Waals surface area contributed by atoms with Crippen molar-refractivity contribution in [3.63, 3.8) is 0 Å². The maximum Gasteiger partial charge on any atom is 0.244 e. The molecule has 10 heteroatoms. The fourth-order valence-corrected chi connectivity index (χ4v) is 4.15. The summed E-state index contributed by atoms with van der Waals surface area (Å²) in [6, 6.07) is 10.8. The second-order valence-corrected chi connectivity index (χ2v) is 10.6. The summed E-state index contributed by atoms with van der Waals surface area (Å²) in [5.41, 5.74) is 0.832. The van der Waals surface area contributed by atoms with E-state index in [2.05, 4.69) is 5.32 Å². The molecule has 2 aromatic carbocycles.